The first-order chi connectivity index (χ1) is 15.6. The molecule has 1 aliphatic heterocycles. The van der Waals surface area contributed by atoms with Gasteiger partial charge in [-0.2, -0.15) is 5.10 Å². The van der Waals surface area contributed by atoms with E-state index in [1.807, 2.05) is 50.0 Å². The molecule has 6 heteroatoms. The molecule has 0 saturated heterocycles. The van der Waals surface area contributed by atoms with Gasteiger partial charge < -0.3 is 10.2 Å². The topological polar surface area (TPSA) is 50.2 Å². The molecule has 1 aliphatic carbocycles. The van der Waals surface area contributed by atoms with E-state index < -0.39 is 0 Å². The molecule has 5 nitrogen and oxygen atoms in total. The lowest BCUT2D eigenvalue weighted by molar-refractivity contribution is -0.118. The van der Waals surface area contributed by atoms with Crippen molar-refractivity contribution in [2.24, 2.45) is 5.41 Å². The summed E-state index contributed by atoms with van der Waals surface area (Å²) in [6, 6.07) is 16.2. The predicted octanol–water partition coefficient (Wildman–Crippen LogP) is 6.10. The van der Waals surface area contributed by atoms with Gasteiger partial charge in [0.2, 0.25) is 0 Å². The van der Waals surface area contributed by atoms with Crippen LogP contribution in [0.15, 0.2) is 59.8 Å². The van der Waals surface area contributed by atoms with Crippen LogP contribution in [0.4, 0.5) is 11.5 Å². The number of Topliss-reactive ketones (excluding diaryl/α,β-unsaturated/α-hetero) is 1. The summed E-state index contributed by atoms with van der Waals surface area (Å²) in [5.41, 5.74) is 6.90. The number of fused-ring (bicyclic) bond motifs is 1. The van der Waals surface area contributed by atoms with E-state index in [9.17, 15) is 4.79 Å². The van der Waals surface area contributed by atoms with Crippen LogP contribution in [-0.4, -0.2) is 29.7 Å². The Hall–Kier alpha value is -3.05. The minimum Gasteiger partial charge on any atom is -0.378 e. The summed E-state index contributed by atoms with van der Waals surface area (Å²) < 4.78 is 1.92. The second-order valence-electron chi connectivity index (χ2n) is 10.1. The monoisotopic (exact) mass is 460 g/mol. The molecular formula is C27H29ClN4O. The molecule has 0 saturated carbocycles. The molecular weight excluding hydrogens is 432 g/mol. The zero-order valence-corrected chi connectivity index (χ0v) is 20.5. The molecule has 2 aromatic carbocycles. The number of carbonyl (C=O) groups is 1. The van der Waals surface area contributed by atoms with Gasteiger partial charge in [0.15, 0.2) is 5.78 Å². The molecule has 0 radical (unpaired) electrons. The number of halogens is 1. The maximum absolute atomic E-state index is 13.5. The standard InChI is InChI=1S/C27H29ClN4O/c1-16-23-24(17-9-11-19(12-10-17)31(4)5)25-21(14-27(2,3)15-22(25)33)29-26(23)32(30-16)20-8-6-7-18(28)13-20/h6-13,24,29H,14-15H2,1-5H3/t24-/m1/s1. The average Bonchev–Trinajstić information content (AvgIpc) is 3.07. The highest BCUT2D eigenvalue weighted by Gasteiger charge is 2.43. The molecule has 5 rings (SSSR count). The van der Waals surface area contributed by atoms with Gasteiger partial charge in [0.05, 0.1) is 11.4 Å². The Labute approximate surface area is 200 Å². The maximum atomic E-state index is 13.5. The van der Waals surface area contributed by atoms with Crippen LogP contribution in [0, 0.1) is 12.3 Å². The third-order valence-electron chi connectivity index (χ3n) is 6.67. The number of nitrogens with one attached hydrogen (secondary N) is 1. The molecule has 0 bridgehead atoms. The lowest BCUT2D eigenvalue weighted by Gasteiger charge is -2.38. The van der Waals surface area contributed by atoms with Crippen LogP contribution in [0.1, 0.15) is 49.4 Å². The van der Waals surface area contributed by atoms with Crippen LogP contribution in [0.2, 0.25) is 5.02 Å². The first kappa shape index (κ1) is 21.8. The summed E-state index contributed by atoms with van der Waals surface area (Å²) in [6.07, 6.45) is 1.37. The molecule has 0 spiro atoms. The molecule has 1 atom stereocenters. The van der Waals surface area contributed by atoms with Gasteiger partial charge in [0.25, 0.3) is 0 Å². The van der Waals surface area contributed by atoms with Crippen molar-refractivity contribution in [3.8, 4) is 5.69 Å². The van der Waals surface area contributed by atoms with Gasteiger partial charge in [-0.15, -0.1) is 0 Å². The van der Waals surface area contributed by atoms with Crippen molar-refractivity contribution in [1.29, 1.82) is 0 Å². The van der Waals surface area contributed by atoms with Crippen LogP contribution in [0.25, 0.3) is 5.69 Å². The van der Waals surface area contributed by atoms with Gasteiger partial charge in [-0.1, -0.05) is 43.6 Å². The number of hydrogen-bond acceptors (Lipinski definition) is 4. The molecule has 170 valence electrons. The van der Waals surface area contributed by atoms with E-state index in [0.29, 0.717) is 11.4 Å². The highest BCUT2D eigenvalue weighted by molar-refractivity contribution is 6.30. The molecule has 0 fully saturated rings. The van der Waals surface area contributed by atoms with E-state index in [1.165, 1.54) is 0 Å². The van der Waals surface area contributed by atoms with Crippen molar-refractivity contribution >= 4 is 28.9 Å². The third kappa shape index (κ3) is 3.74. The number of benzene rings is 2. The summed E-state index contributed by atoms with van der Waals surface area (Å²) in [5.74, 6) is 0.987. The Morgan fingerprint density at radius 3 is 2.52 bits per heavy atom. The zero-order valence-electron chi connectivity index (χ0n) is 19.7. The van der Waals surface area contributed by atoms with E-state index in [4.69, 9.17) is 16.7 Å². The predicted molar refractivity (Wildman–Crippen MR) is 135 cm³/mol. The van der Waals surface area contributed by atoms with Gasteiger partial charge in [-0.25, -0.2) is 4.68 Å². The molecule has 1 aromatic heterocycles. The highest BCUT2D eigenvalue weighted by atomic mass is 35.5. The first-order valence-electron chi connectivity index (χ1n) is 11.3. The summed E-state index contributed by atoms with van der Waals surface area (Å²) in [6.45, 7) is 6.34. The Kier molecular flexibility index (Phi) is 5.13. The number of carbonyl (C=O) groups excluding carboxylic acids is 1. The fourth-order valence-corrected chi connectivity index (χ4v) is 5.35. The highest BCUT2D eigenvalue weighted by Crippen LogP contribution is 2.50. The molecule has 1 N–H and O–H groups in total. The average molecular weight is 461 g/mol. The van der Waals surface area contributed by atoms with Gasteiger partial charge >= 0.3 is 0 Å². The normalized spacial score (nSPS) is 19.1. The van der Waals surface area contributed by atoms with Gasteiger partial charge in [-0.3, -0.25) is 4.79 Å². The van der Waals surface area contributed by atoms with E-state index in [0.717, 1.165) is 51.7 Å². The molecule has 2 heterocycles. The molecule has 0 amide bonds. The van der Waals surface area contributed by atoms with Crippen molar-refractivity contribution in [2.45, 2.75) is 39.5 Å². The Morgan fingerprint density at radius 2 is 1.85 bits per heavy atom. The summed E-state index contributed by atoms with van der Waals surface area (Å²) in [7, 11) is 4.06. The molecule has 0 unspecified atom stereocenters. The number of rotatable bonds is 3. The van der Waals surface area contributed by atoms with Crippen molar-refractivity contribution in [3.63, 3.8) is 0 Å². The largest absolute Gasteiger partial charge is 0.378 e. The molecule has 2 aliphatic rings. The van der Waals surface area contributed by atoms with Crippen LogP contribution in [0.5, 0.6) is 0 Å². The van der Waals surface area contributed by atoms with Crippen LogP contribution < -0.4 is 10.2 Å². The smallest absolute Gasteiger partial charge is 0.162 e. The van der Waals surface area contributed by atoms with Gasteiger partial charge in [0, 0.05) is 54.0 Å². The zero-order chi connectivity index (χ0) is 23.5. The summed E-state index contributed by atoms with van der Waals surface area (Å²) in [4.78, 5) is 15.6. The fourth-order valence-electron chi connectivity index (χ4n) is 5.17. The van der Waals surface area contributed by atoms with Crippen LogP contribution >= 0.6 is 11.6 Å². The van der Waals surface area contributed by atoms with Crippen molar-refractivity contribution in [3.05, 3.63) is 81.6 Å². The number of allylic oxidation sites excluding steroid dienone is 2. The third-order valence-corrected chi connectivity index (χ3v) is 6.90. The lowest BCUT2D eigenvalue weighted by Crippen LogP contribution is -2.34. The number of aryl methyl sites for hydroxylation is 1. The minimum atomic E-state index is -0.149. The molecule has 3 aromatic rings. The lowest BCUT2D eigenvalue weighted by atomic mass is 9.69. The number of nitrogens with zero attached hydrogens (tertiary/aromatic N) is 3. The Morgan fingerprint density at radius 1 is 1.12 bits per heavy atom. The van der Waals surface area contributed by atoms with E-state index >= 15 is 0 Å². The maximum Gasteiger partial charge on any atom is 0.162 e. The number of anilines is 2. The van der Waals surface area contributed by atoms with Crippen molar-refractivity contribution in [1.82, 2.24) is 9.78 Å². The fraction of sp³-hybridized carbons (Fsp3) is 0.333. The molecule has 33 heavy (non-hydrogen) atoms. The second-order valence-corrected chi connectivity index (χ2v) is 10.6. The Balaban J connectivity index is 1.73. The minimum absolute atomic E-state index is 0.0876. The Bertz CT molecular complexity index is 1280. The van der Waals surface area contributed by atoms with Crippen LogP contribution in [-0.2, 0) is 4.79 Å². The van der Waals surface area contributed by atoms with Gasteiger partial charge in [-0.05, 0) is 54.7 Å². The quantitative estimate of drug-likeness (QED) is 0.513. The van der Waals surface area contributed by atoms with E-state index in [-0.39, 0.29) is 17.1 Å². The van der Waals surface area contributed by atoms with Crippen molar-refractivity contribution < 1.29 is 4.79 Å². The first-order valence-corrected chi connectivity index (χ1v) is 11.7. The van der Waals surface area contributed by atoms with Gasteiger partial charge in [0.1, 0.15) is 5.82 Å². The van der Waals surface area contributed by atoms with Crippen LogP contribution in [0.3, 0.4) is 0 Å². The van der Waals surface area contributed by atoms with E-state index in [1.54, 1.807) is 0 Å². The van der Waals surface area contributed by atoms with E-state index in [2.05, 4.69) is 48.3 Å². The SMILES string of the molecule is Cc1nn(-c2cccc(Cl)c2)c2c1[C@@H](c1ccc(N(C)C)cc1)C1=C(CC(C)(C)CC1=O)N2. The number of hydrogen-bond donors (Lipinski definition) is 1. The second kappa shape index (κ2) is 7.77. The summed E-state index contributed by atoms with van der Waals surface area (Å²) in [5, 5.41) is 9.19. The number of ketones is 1. The van der Waals surface area contributed by atoms with Crippen molar-refractivity contribution in [2.75, 3.05) is 24.3 Å². The summed E-state index contributed by atoms with van der Waals surface area (Å²) >= 11 is 6.30. The number of aromatic nitrogens is 2.